The average molecular weight is 348 g/mol. The van der Waals surface area contributed by atoms with Gasteiger partial charge in [0, 0.05) is 11.4 Å². The number of aromatic carboxylic acids is 2. The molecule has 0 aliphatic carbocycles. The Kier molecular flexibility index (Phi) is 6.25. The van der Waals surface area contributed by atoms with Crippen molar-refractivity contribution in [1.29, 1.82) is 0 Å². The minimum Gasteiger partial charge on any atom is -0.478 e. The van der Waals surface area contributed by atoms with Crippen LogP contribution in [0.2, 0.25) is 0 Å². The lowest BCUT2D eigenvalue weighted by Gasteiger charge is -2.08. The van der Waals surface area contributed by atoms with Crippen LogP contribution in [0.1, 0.15) is 27.1 Å². The van der Waals surface area contributed by atoms with Crippen LogP contribution in [0, 0.1) is 0 Å². The Morgan fingerprint density at radius 1 is 0.826 bits per heavy atom. The topological polar surface area (TPSA) is 127 Å². The van der Waals surface area contributed by atoms with E-state index < -0.39 is 30.7 Å². The minimum absolute atomic E-state index is 0.0556. The van der Waals surface area contributed by atoms with Gasteiger partial charge in [0.05, 0.1) is 11.1 Å². The summed E-state index contributed by atoms with van der Waals surface area (Å²) in [4.78, 5) is 21.2. The Labute approximate surface area is 124 Å². The van der Waals surface area contributed by atoms with Gasteiger partial charge in [-0.25, -0.2) is 9.59 Å². The van der Waals surface area contributed by atoms with Crippen molar-refractivity contribution >= 4 is 23.3 Å². The van der Waals surface area contributed by atoms with Crippen molar-refractivity contribution in [2.45, 2.75) is 18.8 Å². The Morgan fingerprint density at radius 3 is 1.30 bits per heavy atom. The highest BCUT2D eigenvalue weighted by Crippen LogP contribution is 2.31. The number of benzene rings is 1. The third-order valence-electron chi connectivity index (χ3n) is 2.08. The molecule has 0 aliphatic heterocycles. The van der Waals surface area contributed by atoms with Crippen LogP contribution in [0.25, 0.3) is 0 Å². The summed E-state index contributed by atoms with van der Waals surface area (Å²) in [5.41, 5.74) is 10.0. The van der Waals surface area contributed by atoms with E-state index in [1.54, 1.807) is 0 Å². The molecule has 0 amide bonds. The molecule has 1 rings (SSSR count). The first-order valence-electron chi connectivity index (χ1n) is 5.43. The second kappa shape index (κ2) is 7.07. The molecular weight excluding hydrogens is 338 g/mol. The molecule has 23 heavy (non-hydrogen) atoms. The minimum atomic E-state index is -5.14. The number of carbonyl (C=O) groups is 2. The normalized spacial score (nSPS) is 11.4. The SMILES string of the molecule is FC(F)(F)CC(F)(F)F.Nc1cc(N)c(C(=O)O)cc1C(=O)O. The lowest BCUT2D eigenvalue weighted by Crippen LogP contribution is -2.20. The van der Waals surface area contributed by atoms with Gasteiger partial charge in [0.2, 0.25) is 0 Å². The monoisotopic (exact) mass is 348 g/mol. The number of hydrogen-bond acceptors (Lipinski definition) is 4. The van der Waals surface area contributed by atoms with Crippen LogP contribution < -0.4 is 11.5 Å². The van der Waals surface area contributed by atoms with Crippen LogP contribution in [0.3, 0.4) is 0 Å². The Balaban J connectivity index is 0.000000468. The predicted octanol–water partition coefficient (Wildman–Crippen LogP) is 2.75. The first-order chi connectivity index (χ1) is 10.1. The van der Waals surface area contributed by atoms with Gasteiger partial charge < -0.3 is 21.7 Å². The summed E-state index contributed by atoms with van der Waals surface area (Å²) in [6.45, 7) is 0. The number of hydrogen-bond donors (Lipinski definition) is 4. The summed E-state index contributed by atoms with van der Waals surface area (Å²) in [6.07, 6.45) is -13.0. The van der Waals surface area contributed by atoms with E-state index in [2.05, 4.69) is 0 Å². The fourth-order valence-corrected chi connectivity index (χ4v) is 1.23. The molecule has 130 valence electrons. The van der Waals surface area contributed by atoms with Crippen molar-refractivity contribution < 1.29 is 46.1 Å². The molecule has 0 atom stereocenters. The molecule has 0 aromatic heterocycles. The lowest BCUT2D eigenvalue weighted by atomic mass is 10.1. The molecule has 6 N–H and O–H groups in total. The molecule has 12 heteroatoms. The molecule has 0 saturated carbocycles. The highest BCUT2D eigenvalue weighted by atomic mass is 19.4. The summed E-state index contributed by atoms with van der Waals surface area (Å²) >= 11 is 0. The summed E-state index contributed by atoms with van der Waals surface area (Å²) in [6, 6.07) is 2.06. The number of halogens is 6. The van der Waals surface area contributed by atoms with Gasteiger partial charge >= 0.3 is 24.3 Å². The lowest BCUT2D eigenvalue weighted by molar-refractivity contribution is -0.232. The zero-order valence-corrected chi connectivity index (χ0v) is 11.0. The summed E-state index contributed by atoms with van der Waals surface area (Å²) < 4.78 is 65.0. The molecule has 0 fully saturated rings. The van der Waals surface area contributed by atoms with Gasteiger partial charge in [-0.3, -0.25) is 0 Å². The van der Waals surface area contributed by atoms with Crippen molar-refractivity contribution in [2.75, 3.05) is 11.5 Å². The van der Waals surface area contributed by atoms with Gasteiger partial charge in [0.15, 0.2) is 0 Å². The fraction of sp³-hybridized carbons (Fsp3) is 0.273. The number of carboxylic acid groups (broad SMARTS) is 2. The van der Waals surface area contributed by atoms with E-state index in [4.69, 9.17) is 21.7 Å². The largest absolute Gasteiger partial charge is 0.478 e. The van der Waals surface area contributed by atoms with E-state index in [9.17, 15) is 35.9 Å². The van der Waals surface area contributed by atoms with Crippen LogP contribution in [-0.2, 0) is 0 Å². The van der Waals surface area contributed by atoms with E-state index in [0.29, 0.717) is 0 Å². The maximum Gasteiger partial charge on any atom is 0.397 e. The molecule has 0 bridgehead atoms. The van der Waals surface area contributed by atoms with Crippen molar-refractivity contribution in [2.24, 2.45) is 0 Å². The number of nitrogens with two attached hydrogens (primary N) is 2. The Morgan fingerprint density at radius 2 is 1.13 bits per heavy atom. The number of anilines is 2. The van der Waals surface area contributed by atoms with Crippen molar-refractivity contribution in [3.05, 3.63) is 23.3 Å². The molecule has 1 aromatic carbocycles. The summed E-state index contributed by atoms with van der Waals surface area (Å²) in [5, 5.41) is 17.3. The van der Waals surface area contributed by atoms with Crippen LogP contribution >= 0.6 is 0 Å². The highest BCUT2D eigenvalue weighted by Gasteiger charge is 2.43. The average Bonchev–Trinajstić information content (AvgIpc) is 2.22. The quantitative estimate of drug-likeness (QED) is 0.481. The summed E-state index contributed by atoms with van der Waals surface area (Å²) in [7, 11) is 0. The molecule has 0 aliphatic rings. The number of carboxylic acids is 2. The second-order valence-electron chi connectivity index (χ2n) is 4.04. The number of rotatable bonds is 2. The molecule has 0 saturated heterocycles. The van der Waals surface area contributed by atoms with Gasteiger partial charge in [0.1, 0.15) is 6.42 Å². The second-order valence-corrected chi connectivity index (χ2v) is 4.04. The van der Waals surface area contributed by atoms with E-state index in [-0.39, 0.29) is 22.5 Å². The van der Waals surface area contributed by atoms with Crippen molar-refractivity contribution in [3.63, 3.8) is 0 Å². The van der Waals surface area contributed by atoms with Gasteiger partial charge in [-0.1, -0.05) is 0 Å². The van der Waals surface area contributed by atoms with Crippen LogP contribution in [0.15, 0.2) is 12.1 Å². The number of alkyl halides is 6. The third kappa shape index (κ3) is 7.78. The molecule has 0 radical (unpaired) electrons. The first kappa shape index (κ1) is 20.3. The molecule has 0 heterocycles. The van der Waals surface area contributed by atoms with Gasteiger partial charge in [-0.15, -0.1) is 0 Å². The van der Waals surface area contributed by atoms with Gasteiger partial charge in [-0.2, -0.15) is 26.3 Å². The highest BCUT2D eigenvalue weighted by molar-refractivity contribution is 6.01. The molecule has 0 unspecified atom stereocenters. The van der Waals surface area contributed by atoms with Crippen molar-refractivity contribution in [3.8, 4) is 0 Å². The molecule has 0 spiro atoms. The van der Waals surface area contributed by atoms with E-state index in [0.717, 1.165) is 12.1 Å². The van der Waals surface area contributed by atoms with E-state index >= 15 is 0 Å². The third-order valence-corrected chi connectivity index (χ3v) is 2.08. The van der Waals surface area contributed by atoms with Gasteiger partial charge in [0.25, 0.3) is 0 Å². The maximum absolute atomic E-state index is 10.8. The molecule has 6 nitrogen and oxygen atoms in total. The smallest absolute Gasteiger partial charge is 0.397 e. The summed E-state index contributed by atoms with van der Waals surface area (Å²) in [5.74, 6) is -2.57. The molecule has 1 aromatic rings. The zero-order valence-electron chi connectivity index (χ0n) is 11.0. The van der Waals surface area contributed by atoms with Crippen molar-refractivity contribution in [1.82, 2.24) is 0 Å². The van der Waals surface area contributed by atoms with E-state index in [1.165, 1.54) is 0 Å². The molecular formula is C11H10F6N2O4. The predicted molar refractivity (Wildman–Crippen MR) is 65.9 cm³/mol. The van der Waals surface area contributed by atoms with E-state index in [1.807, 2.05) is 0 Å². The van der Waals surface area contributed by atoms with Crippen LogP contribution in [-0.4, -0.2) is 34.5 Å². The Bertz CT molecular complexity index is 550. The van der Waals surface area contributed by atoms with Crippen LogP contribution in [0.5, 0.6) is 0 Å². The Hall–Kier alpha value is -2.66. The standard InChI is InChI=1S/C8H8N2O4.C3H2F6/c9-5-2-6(10)4(8(13)14)1-3(5)7(11)12;4-2(5,6)1-3(7,8)9/h1-2H,9-10H2,(H,11,12)(H,13,14);1H2. The fourth-order valence-electron chi connectivity index (χ4n) is 1.23. The van der Waals surface area contributed by atoms with Gasteiger partial charge in [-0.05, 0) is 12.1 Å². The number of nitrogen functional groups attached to an aromatic ring is 2. The maximum atomic E-state index is 10.8. The first-order valence-corrected chi connectivity index (χ1v) is 5.43. The zero-order chi connectivity index (χ0) is 18.6. The van der Waals surface area contributed by atoms with Crippen LogP contribution in [0.4, 0.5) is 37.7 Å².